The Balaban J connectivity index is 2.54. The van der Waals surface area contributed by atoms with Gasteiger partial charge in [0, 0.05) is 13.1 Å². The molecule has 1 fully saturated rings. The minimum atomic E-state index is -3.50. The van der Waals surface area contributed by atoms with Gasteiger partial charge in [-0.05, 0) is 12.8 Å². The largest absolute Gasteiger partial charge is 0.409 e. The van der Waals surface area contributed by atoms with Crippen LogP contribution in [0.15, 0.2) is 5.16 Å². The number of oxime groups is 1. The van der Waals surface area contributed by atoms with E-state index in [0.717, 1.165) is 25.7 Å². The summed E-state index contributed by atoms with van der Waals surface area (Å²) in [6, 6.07) is 0. The summed E-state index contributed by atoms with van der Waals surface area (Å²) >= 11 is 0. The predicted octanol–water partition coefficient (Wildman–Crippen LogP) is -0.557. The number of amidine groups is 1. The van der Waals surface area contributed by atoms with Crippen molar-refractivity contribution in [3.63, 3.8) is 0 Å². The molecule has 0 aromatic rings. The minimum Gasteiger partial charge on any atom is -0.409 e. The average Bonchev–Trinajstić information content (AvgIpc) is 2.54. The van der Waals surface area contributed by atoms with Gasteiger partial charge < -0.3 is 10.9 Å². The summed E-state index contributed by atoms with van der Waals surface area (Å²) in [6.07, 6.45) is 3.88. The number of hydrogen-bond acceptors (Lipinski definition) is 4. The third kappa shape index (κ3) is 3.95. The Labute approximate surface area is 95.5 Å². The molecule has 1 aliphatic heterocycles. The molecule has 0 amide bonds. The van der Waals surface area contributed by atoms with Crippen LogP contribution in [0.5, 0.6) is 0 Å². The predicted molar refractivity (Wildman–Crippen MR) is 60.4 cm³/mol. The second kappa shape index (κ2) is 6.02. The zero-order valence-corrected chi connectivity index (χ0v) is 9.91. The fraction of sp³-hybridized carbons (Fsp3) is 0.875. The Morgan fingerprint density at radius 2 is 1.88 bits per heavy atom. The molecule has 1 rings (SSSR count). The van der Waals surface area contributed by atoms with Crippen LogP contribution >= 0.6 is 0 Å². The first-order valence-electron chi connectivity index (χ1n) is 5.27. The molecule has 0 saturated carbocycles. The van der Waals surface area contributed by atoms with Gasteiger partial charge in [0.15, 0.2) is 5.84 Å². The summed E-state index contributed by atoms with van der Waals surface area (Å²) in [4.78, 5) is 0. The van der Waals surface area contributed by atoms with Crippen LogP contribution in [0.4, 0.5) is 0 Å². The smallest absolute Gasteiger partial charge is 0.279 e. The highest BCUT2D eigenvalue weighted by atomic mass is 32.2. The van der Waals surface area contributed by atoms with Crippen molar-refractivity contribution in [2.75, 3.05) is 19.6 Å². The summed E-state index contributed by atoms with van der Waals surface area (Å²) in [5, 5.41) is 11.0. The molecule has 8 heteroatoms. The van der Waals surface area contributed by atoms with Crippen molar-refractivity contribution in [1.82, 2.24) is 9.03 Å². The van der Waals surface area contributed by atoms with Crippen molar-refractivity contribution in [1.29, 1.82) is 0 Å². The maximum atomic E-state index is 11.8. The topological polar surface area (TPSA) is 108 Å². The zero-order valence-electron chi connectivity index (χ0n) is 9.09. The van der Waals surface area contributed by atoms with Crippen LogP contribution in [0.2, 0.25) is 0 Å². The van der Waals surface area contributed by atoms with Gasteiger partial charge >= 0.3 is 0 Å². The SMILES string of the molecule is N/C(CNS(=O)(=O)N1CCCCCC1)=N\O. The van der Waals surface area contributed by atoms with Gasteiger partial charge in [0.1, 0.15) is 0 Å². The van der Waals surface area contributed by atoms with Gasteiger partial charge in [-0.25, -0.2) is 0 Å². The van der Waals surface area contributed by atoms with E-state index in [1.807, 2.05) is 0 Å². The van der Waals surface area contributed by atoms with Gasteiger partial charge in [0.25, 0.3) is 10.2 Å². The van der Waals surface area contributed by atoms with Crippen molar-refractivity contribution in [3.05, 3.63) is 0 Å². The van der Waals surface area contributed by atoms with Gasteiger partial charge in [-0.15, -0.1) is 0 Å². The summed E-state index contributed by atoms with van der Waals surface area (Å²) < 4.78 is 27.3. The van der Waals surface area contributed by atoms with E-state index in [9.17, 15) is 8.42 Å². The first-order valence-corrected chi connectivity index (χ1v) is 6.71. The lowest BCUT2D eigenvalue weighted by molar-refractivity contribution is 0.317. The van der Waals surface area contributed by atoms with Crippen molar-refractivity contribution in [2.45, 2.75) is 25.7 Å². The van der Waals surface area contributed by atoms with E-state index in [0.29, 0.717) is 13.1 Å². The Hall–Kier alpha value is -0.860. The van der Waals surface area contributed by atoms with Crippen molar-refractivity contribution < 1.29 is 13.6 Å². The fourth-order valence-electron chi connectivity index (χ4n) is 1.57. The van der Waals surface area contributed by atoms with Crippen LogP contribution in [0.25, 0.3) is 0 Å². The highest BCUT2D eigenvalue weighted by Crippen LogP contribution is 2.11. The molecule has 1 aliphatic rings. The van der Waals surface area contributed by atoms with E-state index < -0.39 is 10.2 Å². The molecule has 1 heterocycles. The summed E-state index contributed by atoms with van der Waals surface area (Å²) in [7, 11) is -3.50. The van der Waals surface area contributed by atoms with E-state index in [-0.39, 0.29) is 12.4 Å². The average molecular weight is 250 g/mol. The number of rotatable bonds is 4. The number of hydrogen-bond donors (Lipinski definition) is 3. The Morgan fingerprint density at radius 1 is 1.31 bits per heavy atom. The molecule has 94 valence electrons. The van der Waals surface area contributed by atoms with Gasteiger partial charge in [-0.1, -0.05) is 18.0 Å². The fourth-order valence-corrected chi connectivity index (χ4v) is 2.83. The molecule has 0 atom stereocenters. The zero-order chi connectivity index (χ0) is 12.0. The van der Waals surface area contributed by atoms with Gasteiger partial charge in [0.05, 0.1) is 6.54 Å². The highest BCUT2D eigenvalue weighted by molar-refractivity contribution is 7.87. The molecule has 16 heavy (non-hydrogen) atoms. The third-order valence-corrected chi connectivity index (χ3v) is 4.02. The number of nitrogens with two attached hydrogens (primary N) is 1. The molecule has 7 nitrogen and oxygen atoms in total. The first-order chi connectivity index (χ1) is 7.56. The van der Waals surface area contributed by atoms with E-state index in [1.165, 1.54) is 4.31 Å². The normalized spacial score (nSPS) is 20.6. The molecule has 0 unspecified atom stereocenters. The second-order valence-corrected chi connectivity index (χ2v) is 5.49. The maximum absolute atomic E-state index is 11.8. The lowest BCUT2D eigenvalue weighted by Crippen LogP contribution is -2.44. The Kier molecular flexibility index (Phi) is 4.97. The number of nitrogens with zero attached hydrogens (tertiary/aromatic N) is 2. The number of nitrogens with one attached hydrogen (secondary N) is 1. The monoisotopic (exact) mass is 250 g/mol. The lowest BCUT2D eigenvalue weighted by atomic mass is 10.2. The molecular weight excluding hydrogens is 232 g/mol. The van der Waals surface area contributed by atoms with Crippen molar-refractivity contribution in [3.8, 4) is 0 Å². The molecule has 0 aromatic carbocycles. The van der Waals surface area contributed by atoms with E-state index in [4.69, 9.17) is 10.9 Å². The molecular formula is C8H18N4O3S. The van der Waals surface area contributed by atoms with Crippen LogP contribution in [0, 0.1) is 0 Å². The standard InChI is InChI=1S/C8H18N4O3S/c9-8(11-13)7-10-16(14,15)12-5-3-1-2-4-6-12/h10,13H,1-7H2,(H2,9,11). The van der Waals surface area contributed by atoms with Gasteiger partial charge in [-0.3, -0.25) is 0 Å². The molecule has 4 N–H and O–H groups in total. The second-order valence-electron chi connectivity index (χ2n) is 3.73. The van der Waals surface area contributed by atoms with Gasteiger partial charge in [-0.2, -0.15) is 17.4 Å². The van der Waals surface area contributed by atoms with Crippen LogP contribution in [-0.2, 0) is 10.2 Å². The Bertz CT molecular complexity index is 333. The molecule has 0 bridgehead atoms. The van der Waals surface area contributed by atoms with Crippen LogP contribution in [-0.4, -0.2) is 43.4 Å². The molecule has 0 aliphatic carbocycles. The van der Waals surface area contributed by atoms with Crippen LogP contribution in [0.3, 0.4) is 0 Å². The van der Waals surface area contributed by atoms with E-state index >= 15 is 0 Å². The quantitative estimate of drug-likeness (QED) is 0.269. The third-order valence-electron chi connectivity index (χ3n) is 2.47. The highest BCUT2D eigenvalue weighted by Gasteiger charge is 2.22. The van der Waals surface area contributed by atoms with Crippen molar-refractivity contribution in [2.24, 2.45) is 10.9 Å². The van der Waals surface area contributed by atoms with Crippen LogP contribution < -0.4 is 10.5 Å². The summed E-state index contributed by atoms with van der Waals surface area (Å²) in [5.41, 5.74) is 5.20. The molecule has 0 aromatic heterocycles. The molecule has 1 saturated heterocycles. The molecule has 0 radical (unpaired) electrons. The molecule has 0 spiro atoms. The first kappa shape index (κ1) is 13.2. The minimum absolute atomic E-state index is 0.154. The van der Waals surface area contributed by atoms with Crippen LogP contribution in [0.1, 0.15) is 25.7 Å². The van der Waals surface area contributed by atoms with E-state index in [2.05, 4.69) is 9.88 Å². The maximum Gasteiger partial charge on any atom is 0.279 e. The lowest BCUT2D eigenvalue weighted by Gasteiger charge is -2.19. The summed E-state index contributed by atoms with van der Waals surface area (Å²) in [5.74, 6) is -0.154. The Morgan fingerprint density at radius 3 is 2.38 bits per heavy atom. The van der Waals surface area contributed by atoms with Crippen molar-refractivity contribution >= 4 is 16.0 Å². The van der Waals surface area contributed by atoms with E-state index in [1.54, 1.807) is 0 Å². The van der Waals surface area contributed by atoms with Gasteiger partial charge in [0.2, 0.25) is 0 Å². The summed E-state index contributed by atoms with van der Waals surface area (Å²) in [6.45, 7) is 0.895.